The molecule has 0 saturated carbocycles. The lowest BCUT2D eigenvalue weighted by Crippen LogP contribution is -2.15. The zero-order valence-electron chi connectivity index (χ0n) is 17.8. The number of carbonyl (C=O) groups is 1. The fourth-order valence-electron chi connectivity index (χ4n) is 3.48. The van der Waals surface area contributed by atoms with E-state index < -0.39 is 41.5 Å². The Morgan fingerprint density at radius 1 is 1.09 bits per heavy atom. The van der Waals surface area contributed by atoms with Crippen molar-refractivity contribution >= 4 is 5.91 Å². The van der Waals surface area contributed by atoms with Crippen molar-refractivity contribution in [2.24, 2.45) is 5.73 Å². The van der Waals surface area contributed by atoms with Crippen molar-refractivity contribution in [3.63, 3.8) is 0 Å². The van der Waals surface area contributed by atoms with Crippen molar-refractivity contribution < 1.29 is 35.7 Å². The molecule has 1 aromatic carbocycles. The first-order chi connectivity index (χ1) is 16.3. The maximum Gasteiger partial charge on any atom is 0.416 e. The molecule has 0 fully saturated rings. The van der Waals surface area contributed by atoms with E-state index in [1.165, 1.54) is 12.4 Å². The molecule has 4 aromatic rings. The number of pyridine rings is 1. The summed E-state index contributed by atoms with van der Waals surface area (Å²) in [5, 5.41) is 7.69. The Bertz CT molecular complexity index is 1400. The molecule has 0 aliphatic rings. The van der Waals surface area contributed by atoms with Crippen LogP contribution in [0.2, 0.25) is 0 Å². The number of carbonyl (C=O) groups excluding carboxylic acids is 1. The molecule has 0 atom stereocenters. The molecule has 0 bridgehead atoms. The maximum atomic E-state index is 13.5. The van der Waals surface area contributed by atoms with Gasteiger partial charge in [0.05, 0.1) is 29.4 Å². The van der Waals surface area contributed by atoms with Crippen molar-refractivity contribution in [3.8, 4) is 22.6 Å². The molecule has 1 amide bonds. The minimum absolute atomic E-state index is 0.0619. The molecule has 0 aliphatic carbocycles. The van der Waals surface area contributed by atoms with Gasteiger partial charge in [0.2, 0.25) is 0 Å². The lowest BCUT2D eigenvalue weighted by atomic mass is 10.0. The lowest BCUT2D eigenvalue weighted by molar-refractivity contribution is -0.143. The second-order valence-corrected chi connectivity index (χ2v) is 7.56. The van der Waals surface area contributed by atoms with Crippen LogP contribution in [0.15, 0.2) is 53.3 Å². The van der Waals surface area contributed by atoms with E-state index >= 15 is 0 Å². The van der Waals surface area contributed by atoms with E-state index in [0.29, 0.717) is 17.5 Å². The standard InChI is InChI=1S/C22H15F6N5O2/c1-11-3-2-4-16(31-11)19-17(18(20(29)34)32-35-19)13-8-30-33(10-13)9-12-5-6-14(21(23,24)25)7-15(12)22(26,27)28/h2-8,10H,9H2,1H3,(H2,29,34). The smallest absolute Gasteiger partial charge is 0.364 e. The first kappa shape index (κ1) is 24.0. The van der Waals surface area contributed by atoms with Gasteiger partial charge in [0.1, 0.15) is 5.69 Å². The van der Waals surface area contributed by atoms with Crippen molar-refractivity contribution in [2.75, 3.05) is 0 Å². The quantitative estimate of drug-likeness (QED) is 0.389. The molecule has 13 heteroatoms. The minimum Gasteiger partial charge on any atom is -0.364 e. The molecule has 2 N–H and O–H groups in total. The van der Waals surface area contributed by atoms with Crippen LogP contribution in [0, 0.1) is 6.92 Å². The summed E-state index contributed by atoms with van der Waals surface area (Å²) in [7, 11) is 0. The van der Waals surface area contributed by atoms with Gasteiger partial charge in [-0.1, -0.05) is 17.3 Å². The number of primary amides is 1. The van der Waals surface area contributed by atoms with Gasteiger partial charge in [-0.25, -0.2) is 4.98 Å². The number of hydrogen-bond donors (Lipinski definition) is 1. The molecule has 0 unspecified atom stereocenters. The fourth-order valence-corrected chi connectivity index (χ4v) is 3.48. The van der Waals surface area contributed by atoms with E-state index in [1.807, 2.05) is 0 Å². The molecule has 4 rings (SSSR count). The van der Waals surface area contributed by atoms with Crippen molar-refractivity contribution in [1.29, 1.82) is 0 Å². The minimum atomic E-state index is -5.02. The summed E-state index contributed by atoms with van der Waals surface area (Å²) in [6.07, 6.45) is -7.41. The molecule has 0 saturated heterocycles. The number of hydrogen-bond acceptors (Lipinski definition) is 5. The molecular weight excluding hydrogens is 480 g/mol. The number of nitrogens with zero attached hydrogens (tertiary/aromatic N) is 4. The van der Waals surface area contributed by atoms with E-state index in [1.54, 1.807) is 25.1 Å². The van der Waals surface area contributed by atoms with Gasteiger partial charge in [-0.3, -0.25) is 9.48 Å². The van der Waals surface area contributed by atoms with Crippen LogP contribution in [0.4, 0.5) is 26.3 Å². The van der Waals surface area contributed by atoms with Crippen LogP contribution in [0.1, 0.15) is 32.9 Å². The second-order valence-electron chi connectivity index (χ2n) is 7.56. The molecule has 35 heavy (non-hydrogen) atoms. The number of aryl methyl sites for hydroxylation is 1. The fraction of sp³-hybridized carbons (Fsp3) is 0.182. The van der Waals surface area contributed by atoms with Gasteiger partial charge < -0.3 is 10.3 Å². The molecule has 3 heterocycles. The Labute approximate surface area is 193 Å². The van der Waals surface area contributed by atoms with E-state index in [0.717, 1.165) is 10.7 Å². The Kier molecular flexibility index (Phi) is 5.87. The van der Waals surface area contributed by atoms with Gasteiger partial charge >= 0.3 is 12.4 Å². The van der Waals surface area contributed by atoms with Gasteiger partial charge in [-0.05, 0) is 36.8 Å². The molecular formula is C22H15F6N5O2. The van der Waals surface area contributed by atoms with E-state index in [9.17, 15) is 31.1 Å². The summed E-state index contributed by atoms with van der Waals surface area (Å²) >= 11 is 0. The van der Waals surface area contributed by atoms with Gasteiger partial charge in [0.15, 0.2) is 11.5 Å². The highest BCUT2D eigenvalue weighted by Gasteiger charge is 2.38. The number of aromatic nitrogens is 4. The Hall–Kier alpha value is -4.16. The second kappa shape index (κ2) is 8.56. The average Bonchev–Trinajstić information content (AvgIpc) is 3.39. The monoisotopic (exact) mass is 495 g/mol. The number of amides is 1. The highest BCUT2D eigenvalue weighted by atomic mass is 19.4. The molecule has 0 spiro atoms. The third kappa shape index (κ3) is 4.88. The summed E-state index contributed by atoms with van der Waals surface area (Å²) in [6.45, 7) is 1.23. The molecule has 0 aliphatic heterocycles. The summed E-state index contributed by atoms with van der Waals surface area (Å²) < 4.78 is 85.6. The predicted molar refractivity (Wildman–Crippen MR) is 110 cm³/mol. The van der Waals surface area contributed by atoms with Gasteiger partial charge in [0.25, 0.3) is 5.91 Å². The van der Waals surface area contributed by atoms with Gasteiger partial charge in [-0.15, -0.1) is 0 Å². The molecule has 3 aromatic heterocycles. The lowest BCUT2D eigenvalue weighted by Gasteiger charge is -2.16. The van der Waals surface area contributed by atoms with Gasteiger partial charge in [0, 0.05) is 17.5 Å². The first-order valence-electron chi connectivity index (χ1n) is 9.88. The summed E-state index contributed by atoms with van der Waals surface area (Å²) in [6, 6.07) is 6.41. The summed E-state index contributed by atoms with van der Waals surface area (Å²) in [4.78, 5) is 16.2. The molecule has 182 valence electrons. The van der Waals surface area contributed by atoms with E-state index in [2.05, 4.69) is 15.2 Å². The van der Waals surface area contributed by atoms with Crippen molar-refractivity contribution in [2.45, 2.75) is 25.8 Å². The number of nitrogens with two attached hydrogens (primary N) is 1. The van der Waals surface area contributed by atoms with Crippen LogP contribution in [0.5, 0.6) is 0 Å². The van der Waals surface area contributed by atoms with E-state index in [-0.39, 0.29) is 28.6 Å². The van der Waals surface area contributed by atoms with Crippen LogP contribution in [-0.2, 0) is 18.9 Å². The van der Waals surface area contributed by atoms with Crippen LogP contribution in [-0.4, -0.2) is 25.8 Å². The first-order valence-corrected chi connectivity index (χ1v) is 9.88. The number of benzene rings is 1. The Morgan fingerprint density at radius 3 is 2.46 bits per heavy atom. The SMILES string of the molecule is Cc1cccc(-c2onc(C(N)=O)c2-c2cnn(Cc3ccc(C(F)(F)F)cc3C(F)(F)F)c2)n1. The van der Waals surface area contributed by atoms with Crippen LogP contribution >= 0.6 is 0 Å². The highest BCUT2D eigenvalue weighted by Crippen LogP contribution is 2.38. The van der Waals surface area contributed by atoms with Crippen LogP contribution in [0.25, 0.3) is 22.6 Å². The van der Waals surface area contributed by atoms with Crippen molar-refractivity contribution in [3.05, 3.63) is 76.9 Å². The molecule has 7 nitrogen and oxygen atoms in total. The Balaban J connectivity index is 1.75. The zero-order chi connectivity index (χ0) is 25.5. The largest absolute Gasteiger partial charge is 0.416 e. The Morgan fingerprint density at radius 2 is 1.83 bits per heavy atom. The topological polar surface area (TPSA) is 99.8 Å². The number of alkyl halides is 6. The zero-order valence-corrected chi connectivity index (χ0v) is 17.8. The van der Waals surface area contributed by atoms with Gasteiger partial charge in [-0.2, -0.15) is 31.4 Å². The number of halogens is 6. The summed E-state index contributed by atoms with van der Waals surface area (Å²) in [5.74, 6) is -0.829. The summed E-state index contributed by atoms with van der Waals surface area (Å²) in [5.41, 5.74) is 3.21. The third-order valence-corrected chi connectivity index (χ3v) is 5.04. The van der Waals surface area contributed by atoms with Crippen LogP contribution in [0.3, 0.4) is 0 Å². The predicted octanol–water partition coefficient (Wildman–Crippen LogP) is 5.09. The normalized spacial score (nSPS) is 12.2. The highest BCUT2D eigenvalue weighted by molar-refractivity contribution is 6.00. The van der Waals surface area contributed by atoms with E-state index in [4.69, 9.17) is 10.3 Å². The maximum absolute atomic E-state index is 13.5. The average molecular weight is 495 g/mol. The third-order valence-electron chi connectivity index (χ3n) is 5.04. The van der Waals surface area contributed by atoms with Crippen molar-refractivity contribution in [1.82, 2.24) is 19.9 Å². The van der Waals surface area contributed by atoms with Crippen LogP contribution < -0.4 is 5.73 Å². The number of rotatable bonds is 5. The molecule has 0 radical (unpaired) electrons.